The second-order valence-corrected chi connectivity index (χ2v) is 7.40. The average molecular weight is 400 g/mol. The molecule has 30 heavy (non-hydrogen) atoms. The first-order valence-electron chi connectivity index (χ1n) is 10.3. The summed E-state index contributed by atoms with van der Waals surface area (Å²) >= 11 is 0. The Morgan fingerprint density at radius 3 is 2.37 bits per heavy atom. The second kappa shape index (κ2) is 8.15. The standard InChI is InChI=1S/C26H24O4/c1-3-26(21-12-6-5-7-13-21)22(24(27)29-4-2)17-23(30-25(26)28)20-15-14-18-10-8-9-11-19(18)16-20/h5-17,22H,3-4H2,1-2H3/t22-,26-/m0/s1. The van der Waals surface area contributed by atoms with E-state index in [2.05, 4.69) is 0 Å². The average Bonchev–Trinajstić information content (AvgIpc) is 2.79. The van der Waals surface area contributed by atoms with E-state index in [0.29, 0.717) is 12.2 Å². The van der Waals surface area contributed by atoms with Crippen molar-refractivity contribution in [2.24, 2.45) is 5.92 Å². The molecule has 4 nitrogen and oxygen atoms in total. The number of carbonyl (C=O) groups excluding carboxylic acids is 2. The monoisotopic (exact) mass is 400 g/mol. The van der Waals surface area contributed by atoms with Gasteiger partial charge in [0, 0.05) is 5.56 Å². The van der Waals surface area contributed by atoms with Gasteiger partial charge in [-0.3, -0.25) is 9.59 Å². The van der Waals surface area contributed by atoms with Crippen molar-refractivity contribution in [3.63, 3.8) is 0 Å². The van der Waals surface area contributed by atoms with Crippen LogP contribution in [0.4, 0.5) is 0 Å². The highest BCUT2D eigenvalue weighted by Crippen LogP contribution is 2.44. The number of benzene rings is 3. The van der Waals surface area contributed by atoms with Crippen LogP contribution in [0.1, 0.15) is 31.4 Å². The topological polar surface area (TPSA) is 52.6 Å². The molecule has 0 N–H and O–H groups in total. The van der Waals surface area contributed by atoms with Crippen molar-refractivity contribution in [3.05, 3.63) is 90.0 Å². The van der Waals surface area contributed by atoms with Gasteiger partial charge in [0.15, 0.2) is 0 Å². The third-order valence-electron chi connectivity index (χ3n) is 5.84. The summed E-state index contributed by atoms with van der Waals surface area (Å²) in [6, 6.07) is 23.2. The first kappa shape index (κ1) is 19.9. The van der Waals surface area contributed by atoms with Crippen LogP contribution in [0, 0.1) is 5.92 Å². The number of ether oxygens (including phenoxy) is 2. The molecular formula is C26H24O4. The largest absolute Gasteiger partial charge is 0.465 e. The van der Waals surface area contributed by atoms with Crippen LogP contribution in [0.25, 0.3) is 16.5 Å². The SMILES string of the molecule is CCOC(=O)[C@@H]1C=C(c2ccc3ccccc3c2)OC(=O)[C@@]1(CC)c1ccccc1. The van der Waals surface area contributed by atoms with Crippen molar-refractivity contribution in [1.82, 2.24) is 0 Å². The maximum Gasteiger partial charge on any atom is 0.323 e. The van der Waals surface area contributed by atoms with Crippen LogP contribution in [0.2, 0.25) is 0 Å². The van der Waals surface area contributed by atoms with Crippen molar-refractivity contribution < 1.29 is 19.1 Å². The highest BCUT2D eigenvalue weighted by atomic mass is 16.5. The van der Waals surface area contributed by atoms with E-state index in [1.165, 1.54) is 0 Å². The van der Waals surface area contributed by atoms with Gasteiger partial charge in [-0.25, -0.2) is 0 Å². The zero-order valence-electron chi connectivity index (χ0n) is 17.1. The Balaban J connectivity index is 1.86. The number of hydrogen-bond acceptors (Lipinski definition) is 4. The van der Waals surface area contributed by atoms with Gasteiger partial charge in [0.2, 0.25) is 0 Å². The molecule has 0 saturated heterocycles. The minimum Gasteiger partial charge on any atom is -0.465 e. The molecule has 0 spiro atoms. The van der Waals surface area contributed by atoms with Crippen molar-refractivity contribution in [2.45, 2.75) is 25.7 Å². The molecule has 1 aliphatic rings. The van der Waals surface area contributed by atoms with E-state index >= 15 is 0 Å². The molecule has 4 rings (SSSR count). The first-order chi connectivity index (χ1) is 14.6. The lowest BCUT2D eigenvalue weighted by Crippen LogP contribution is -2.49. The van der Waals surface area contributed by atoms with E-state index in [1.54, 1.807) is 13.0 Å². The van der Waals surface area contributed by atoms with Gasteiger partial charge >= 0.3 is 11.9 Å². The summed E-state index contributed by atoms with van der Waals surface area (Å²) in [4.78, 5) is 26.4. The fourth-order valence-electron chi connectivity index (χ4n) is 4.25. The van der Waals surface area contributed by atoms with Crippen LogP contribution in [0.15, 0.2) is 78.9 Å². The Bertz CT molecular complexity index is 1120. The number of esters is 2. The molecule has 3 aromatic rings. The predicted molar refractivity (Wildman–Crippen MR) is 117 cm³/mol. The lowest BCUT2D eigenvalue weighted by atomic mass is 9.67. The summed E-state index contributed by atoms with van der Waals surface area (Å²) < 4.78 is 11.2. The van der Waals surface area contributed by atoms with Gasteiger partial charge in [-0.2, -0.15) is 0 Å². The summed E-state index contributed by atoms with van der Waals surface area (Å²) in [5, 5.41) is 2.13. The van der Waals surface area contributed by atoms with Gasteiger partial charge in [0.25, 0.3) is 0 Å². The zero-order valence-corrected chi connectivity index (χ0v) is 17.1. The van der Waals surface area contributed by atoms with E-state index in [9.17, 15) is 9.59 Å². The molecule has 3 aromatic carbocycles. The van der Waals surface area contributed by atoms with Crippen molar-refractivity contribution in [3.8, 4) is 0 Å². The number of hydrogen-bond donors (Lipinski definition) is 0. The first-order valence-corrected chi connectivity index (χ1v) is 10.3. The Morgan fingerprint density at radius 2 is 1.67 bits per heavy atom. The molecule has 0 unspecified atom stereocenters. The summed E-state index contributed by atoms with van der Waals surface area (Å²) in [5.41, 5.74) is 0.395. The van der Waals surface area contributed by atoms with Gasteiger partial charge < -0.3 is 9.47 Å². The molecular weight excluding hydrogens is 376 g/mol. The van der Waals surface area contributed by atoms with E-state index in [0.717, 1.165) is 21.9 Å². The number of fused-ring (bicyclic) bond motifs is 1. The van der Waals surface area contributed by atoms with Crippen molar-refractivity contribution in [2.75, 3.05) is 6.61 Å². The minimum absolute atomic E-state index is 0.248. The van der Waals surface area contributed by atoms with Crippen molar-refractivity contribution >= 4 is 28.5 Å². The number of rotatable bonds is 5. The van der Waals surface area contributed by atoms with Crippen LogP contribution in [-0.2, 0) is 24.5 Å². The maximum atomic E-state index is 13.4. The molecule has 0 fully saturated rings. The fourth-order valence-corrected chi connectivity index (χ4v) is 4.25. The minimum atomic E-state index is -1.12. The molecule has 0 bridgehead atoms. The predicted octanol–water partition coefficient (Wildman–Crippen LogP) is 5.26. The summed E-state index contributed by atoms with van der Waals surface area (Å²) in [5.74, 6) is -1.23. The zero-order chi connectivity index (χ0) is 21.1. The highest BCUT2D eigenvalue weighted by Gasteiger charge is 2.53. The Hall–Kier alpha value is -3.40. The van der Waals surface area contributed by atoms with E-state index < -0.39 is 23.3 Å². The van der Waals surface area contributed by atoms with Gasteiger partial charge in [-0.15, -0.1) is 0 Å². The van der Waals surface area contributed by atoms with E-state index in [1.807, 2.05) is 79.7 Å². The number of carbonyl (C=O) groups is 2. The van der Waals surface area contributed by atoms with Gasteiger partial charge in [-0.1, -0.05) is 73.7 Å². The molecule has 152 valence electrons. The van der Waals surface area contributed by atoms with E-state index in [4.69, 9.17) is 9.47 Å². The molecule has 0 aromatic heterocycles. The Labute approximate surface area is 176 Å². The summed E-state index contributed by atoms with van der Waals surface area (Å²) in [6.45, 7) is 3.91. The molecule has 0 radical (unpaired) electrons. The van der Waals surface area contributed by atoms with Crippen LogP contribution >= 0.6 is 0 Å². The molecule has 0 amide bonds. The highest BCUT2D eigenvalue weighted by molar-refractivity contribution is 5.98. The third-order valence-corrected chi connectivity index (χ3v) is 5.84. The van der Waals surface area contributed by atoms with Crippen LogP contribution in [-0.4, -0.2) is 18.5 Å². The lowest BCUT2D eigenvalue weighted by Gasteiger charge is -2.39. The maximum absolute atomic E-state index is 13.4. The number of cyclic esters (lactones) is 1. The van der Waals surface area contributed by atoms with Gasteiger partial charge in [0.05, 0.1) is 12.5 Å². The van der Waals surface area contributed by atoms with Crippen molar-refractivity contribution in [1.29, 1.82) is 0 Å². The Kier molecular flexibility index (Phi) is 5.40. The fraction of sp³-hybridized carbons (Fsp3) is 0.231. The van der Waals surface area contributed by atoms with Crippen LogP contribution < -0.4 is 0 Å². The molecule has 1 aliphatic heterocycles. The smallest absolute Gasteiger partial charge is 0.323 e. The second-order valence-electron chi connectivity index (χ2n) is 7.40. The summed E-state index contributed by atoms with van der Waals surface area (Å²) in [7, 11) is 0. The van der Waals surface area contributed by atoms with Crippen LogP contribution in [0.5, 0.6) is 0 Å². The third kappa shape index (κ3) is 3.28. The van der Waals surface area contributed by atoms with Gasteiger partial charge in [-0.05, 0) is 41.8 Å². The molecule has 2 atom stereocenters. The molecule has 4 heteroatoms. The van der Waals surface area contributed by atoms with Crippen LogP contribution in [0.3, 0.4) is 0 Å². The molecule has 0 saturated carbocycles. The van der Waals surface area contributed by atoms with Gasteiger partial charge in [0.1, 0.15) is 11.2 Å². The Morgan fingerprint density at radius 1 is 0.967 bits per heavy atom. The van der Waals surface area contributed by atoms with E-state index in [-0.39, 0.29) is 6.61 Å². The normalized spacial score (nSPS) is 21.1. The summed E-state index contributed by atoms with van der Waals surface area (Å²) in [6.07, 6.45) is 2.17. The quantitative estimate of drug-likeness (QED) is 0.548. The lowest BCUT2D eigenvalue weighted by molar-refractivity contribution is -0.159. The molecule has 0 aliphatic carbocycles. The molecule has 1 heterocycles.